The van der Waals surface area contributed by atoms with Crippen LogP contribution in [0.3, 0.4) is 0 Å². The maximum absolute atomic E-state index is 11.7. The standard InChI is InChI=1S/C16H31NO4/c1-4-21-14(19)13-5-7-16(20,8-6-13)12-17-11-15(2,3)9-10-18/h13,17-18,20H,4-12H2,1-3H3. The molecule has 124 valence electrons. The van der Waals surface area contributed by atoms with E-state index in [9.17, 15) is 9.90 Å². The highest BCUT2D eigenvalue weighted by Gasteiger charge is 2.36. The van der Waals surface area contributed by atoms with E-state index in [2.05, 4.69) is 19.2 Å². The number of aliphatic hydroxyl groups is 2. The first kappa shape index (κ1) is 18.4. The SMILES string of the molecule is CCOC(=O)C1CCC(O)(CNCC(C)(C)CCO)CC1. The van der Waals surface area contributed by atoms with Crippen LogP contribution in [-0.4, -0.2) is 48.1 Å². The van der Waals surface area contributed by atoms with Crippen molar-refractivity contribution in [1.29, 1.82) is 0 Å². The van der Waals surface area contributed by atoms with Gasteiger partial charge in [-0.1, -0.05) is 13.8 Å². The molecule has 0 aromatic rings. The second-order valence-corrected chi connectivity index (χ2v) is 6.99. The molecule has 0 saturated heterocycles. The van der Waals surface area contributed by atoms with Crippen molar-refractivity contribution >= 4 is 5.97 Å². The van der Waals surface area contributed by atoms with Crippen LogP contribution in [0.1, 0.15) is 52.9 Å². The molecule has 1 aliphatic rings. The molecule has 1 aliphatic carbocycles. The van der Waals surface area contributed by atoms with Crippen LogP contribution in [0.25, 0.3) is 0 Å². The summed E-state index contributed by atoms with van der Waals surface area (Å²) in [4.78, 5) is 11.7. The highest BCUT2D eigenvalue weighted by Crippen LogP contribution is 2.32. The third kappa shape index (κ3) is 6.32. The predicted molar refractivity (Wildman–Crippen MR) is 81.9 cm³/mol. The van der Waals surface area contributed by atoms with Gasteiger partial charge in [-0.3, -0.25) is 4.79 Å². The summed E-state index contributed by atoms with van der Waals surface area (Å²) in [5.41, 5.74) is -0.703. The lowest BCUT2D eigenvalue weighted by Gasteiger charge is -2.36. The number of ether oxygens (including phenoxy) is 1. The molecule has 0 unspecified atom stereocenters. The van der Waals surface area contributed by atoms with Gasteiger partial charge >= 0.3 is 5.97 Å². The Hall–Kier alpha value is -0.650. The van der Waals surface area contributed by atoms with Gasteiger partial charge in [-0.2, -0.15) is 0 Å². The summed E-state index contributed by atoms with van der Waals surface area (Å²) in [7, 11) is 0. The van der Waals surface area contributed by atoms with Gasteiger partial charge in [0.1, 0.15) is 0 Å². The Bertz CT molecular complexity index is 322. The first-order valence-corrected chi connectivity index (χ1v) is 8.02. The summed E-state index contributed by atoms with van der Waals surface area (Å²) in [5, 5.41) is 22.9. The van der Waals surface area contributed by atoms with Crippen LogP contribution < -0.4 is 5.32 Å². The van der Waals surface area contributed by atoms with Crippen molar-refractivity contribution in [3.8, 4) is 0 Å². The Kier molecular flexibility index (Phi) is 7.10. The monoisotopic (exact) mass is 301 g/mol. The molecule has 0 spiro atoms. The van der Waals surface area contributed by atoms with Crippen LogP contribution in [0.4, 0.5) is 0 Å². The van der Waals surface area contributed by atoms with Crippen LogP contribution in [0, 0.1) is 11.3 Å². The summed E-state index contributed by atoms with van der Waals surface area (Å²) >= 11 is 0. The second kappa shape index (κ2) is 8.11. The minimum Gasteiger partial charge on any atom is -0.466 e. The first-order chi connectivity index (χ1) is 9.82. The summed E-state index contributed by atoms with van der Waals surface area (Å²) in [6, 6.07) is 0. The number of nitrogens with one attached hydrogen (secondary N) is 1. The molecule has 0 radical (unpaired) electrons. The van der Waals surface area contributed by atoms with Crippen molar-refractivity contribution in [3.05, 3.63) is 0 Å². The highest BCUT2D eigenvalue weighted by molar-refractivity contribution is 5.72. The van der Waals surface area contributed by atoms with Gasteiger partial charge in [0.15, 0.2) is 0 Å². The minimum absolute atomic E-state index is 0.0211. The lowest BCUT2D eigenvalue weighted by molar-refractivity contribution is -0.151. The van der Waals surface area contributed by atoms with Gasteiger partial charge in [-0.05, 0) is 44.4 Å². The molecule has 3 N–H and O–H groups in total. The second-order valence-electron chi connectivity index (χ2n) is 6.99. The summed E-state index contributed by atoms with van der Waals surface area (Å²) in [6.45, 7) is 7.90. The smallest absolute Gasteiger partial charge is 0.308 e. The average Bonchev–Trinajstić information content (AvgIpc) is 2.39. The van der Waals surface area contributed by atoms with Gasteiger partial charge < -0.3 is 20.3 Å². The fourth-order valence-electron chi connectivity index (χ4n) is 2.85. The summed E-state index contributed by atoms with van der Waals surface area (Å²) in [6.07, 6.45) is 3.38. The van der Waals surface area contributed by atoms with Crippen molar-refractivity contribution in [2.24, 2.45) is 11.3 Å². The molecule has 0 atom stereocenters. The number of hydrogen-bond donors (Lipinski definition) is 3. The number of aliphatic hydroxyl groups excluding tert-OH is 1. The molecule has 21 heavy (non-hydrogen) atoms. The van der Waals surface area contributed by atoms with Crippen LogP contribution >= 0.6 is 0 Å². The Balaban J connectivity index is 2.32. The van der Waals surface area contributed by atoms with Crippen molar-refractivity contribution in [2.45, 2.75) is 58.5 Å². The molecule has 5 nitrogen and oxygen atoms in total. The Labute approximate surface area is 128 Å². The van der Waals surface area contributed by atoms with Crippen LogP contribution in [0.15, 0.2) is 0 Å². The number of hydrogen-bond acceptors (Lipinski definition) is 5. The zero-order valence-electron chi connectivity index (χ0n) is 13.7. The van der Waals surface area contributed by atoms with Crippen molar-refractivity contribution < 1.29 is 19.7 Å². The molecule has 0 aromatic heterocycles. The predicted octanol–water partition coefficient (Wildman–Crippen LogP) is 1.47. The lowest BCUT2D eigenvalue weighted by atomic mass is 9.78. The Morgan fingerprint density at radius 1 is 1.38 bits per heavy atom. The molecular formula is C16H31NO4. The lowest BCUT2D eigenvalue weighted by Crippen LogP contribution is -2.46. The molecule has 5 heteroatoms. The van der Waals surface area contributed by atoms with Crippen molar-refractivity contribution in [3.63, 3.8) is 0 Å². The van der Waals surface area contributed by atoms with Crippen LogP contribution in [0.5, 0.6) is 0 Å². The quantitative estimate of drug-likeness (QED) is 0.592. The molecule has 0 heterocycles. The molecule has 0 amide bonds. The molecule has 0 bridgehead atoms. The van der Waals surface area contributed by atoms with Gasteiger partial charge in [0.25, 0.3) is 0 Å². The van der Waals surface area contributed by atoms with Crippen molar-refractivity contribution in [1.82, 2.24) is 5.32 Å². The fourth-order valence-corrected chi connectivity index (χ4v) is 2.85. The van der Waals surface area contributed by atoms with Gasteiger partial charge in [-0.25, -0.2) is 0 Å². The van der Waals surface area contributed by atoms with E-state index in [1.165, 1.54) is 0 Å². The molecular weight excluding hydrogens is 270 g/mol. The van der Waals surface area contributed by atoms with Crippen LogP contribution in [-0.2, 0) is 9.53 Å². The Morgan fingerprint density at radius 3 is 2.52 bits per heavy atom. The number of carbonyl (C=O) groups excluding carboxylic acids is 1. The van der Waals surface area contributed by atoms with Gasteiger partial charge in [0, 0.05) is 19.7 Å². The summed E-state index contributed by atoms with van der Waals surface area (Å²) in [5.74, 6) is -0.187. The van der Waals surface area contributed by atoms with E-state index < -0.39 is 5.60 Å². The molecule has 0 aromatic carbocycles. The van der Waals surface area contributed by atoms with E-state index in [1.54, 1.807) is 0 Å². The topological polar surface area (TPSA) is 78.8 Å². The zero-order chi connectivity index (χ0) is 15.9. The van der Waals surface area contributed by atoms with Gasteiger partial charge in [0.2, 0.25) is 0 Å². The Morgan fingerprint density at radius 2 is 2.00 bits per heavy atom. The van der Waals surface area contributed by atoms with E-state index in [4.69, 9.17) is 9.84 Å². The van der Waals surface area contributed by atoms with Crippen molar-refractivity contribution in [2.75, 3.05) is 26.3 Å². The summed E-state index contributed by atoms with van der Waals surface area (Å²) < 4.78 is 5.04. The third-order valence-corrected chi connectivity index (χ3v) is 4.38. The molecule has 0 aliphatic heterocycles. The molecule has 1 fully saturated rings. The average molecular weight is 301 g/mol. The van der Waals surface area contributed by atoms with Gasteiger partial charge in [-0.15, -0.1) is 0 Å². The number of rotatable bonds is 8. The molecule has 1 saturated carbocycles. The third-order valence-electron chi connectivity index (χ3n) is 4.38. The maximum atomic E-state index is 11.7. The largest absolute Gasteiger partial charge is 0.466 e. The number of esters is 1. The van der Waals surface area contributed by atoms with E-state index in [1.807, 2.05) is 6.92 Å². The van der Waals surface area contributed by atoms with E-state index in [0.717, 1.165) is 13.0 Å². The van der Waals surface area contributed by atoms with E-state index in [0.29, 0.717) is 38.8 Å². The minimum atomic E-state index is -0.724. The normalized spacial score (nSPS) is 26.6. The van der Waals surface area contributed by atoms with Crippen LogP contribution in [0.2, 0.25) is 0 Å². The van der Waals surface area contributed by atoms with E-state index in [-0.39, 0.29) is 23.9 Å². The molecule has 1 rings (SSSR count). The first-order valence-electron chi connectivity index (χ1n) is 8.02. The highest BCUT2D eigenvalue weighted by atomic mass is 16.5. The van der Waals surface area contributed by atoms with Gasteiger partial charge in [0.05, 0.1) is 18.1 Å². The number of carbonyl (C=O) groups is 1. The van der Waals surface area contributed by atoms with E-state index >= 15 is 0 Å². The maximum Gasteiger partial charge on any atom is 0.308 e. The zero-order valence-corrected chi connectivity index (χ0v) is 13.7. The fraction of sp³-hybridized carbons (Fsp3) is 0.938.